The molecule has 0 saturated carbocycles. The maximum Gasteiger partial charge on any atom is 0.230 e. The van der Waals surface area contributed by atoms with E-state index >= 15 is 0 Å². The molecular formula is C19H20N4O2S. The lowest BCUT2D eigenvalue weighted by Gasteiger charge is -2.27. The lowest BCUT2D eigenvalue weighted by molar-refractivity contribution is -0.115. The van der Waals surface area contributed by atoms with Crippen LogP contribution in [0.15, 0.2) is 46.5 Å². The summed E-state index contributed by atoms with van der Waals surface area (Å²) in [6.07, 6.45) is 7.29. The van der Waals surface area contributed by atoms with E-state index in [0.29, 0.717) is 5.69 Å². The summed E-state index contributed by atoms with van der Waals surface area (Å²) in [6, 6.07) is 7.56. The van der Waals surface area contributed by atoms with Crippen LogP contribution in [0.1, 0.15) is 25.0 Å². The minimum Gasteiger partial charge on any atom is -0.462 e. The number of carbonyl (C=O) groups is 1. The van der Waals surface area contributed by atoms with Crippen molar-refractivity contribution in [1.29, 1.82) is 0 Å². The van der Waals surface area contributed by atoms with E-state index in [4.69, 9.17) is 4.42 Å². The molecular weight excluding hydrogens is 348 g/mol. The standard InChI is InChI=1S/C19H20N4O2S/c24-18(11-15-13-26-19(22-15)16-5-4-10-25-16)21-14-6-7-17(20-12-14)23-8-2-1-3-9-23/h4-7,10,12-13H,1-3,8-9,11H2,(H,21,24). The average Bonchev–Trinajstić information content (AvgIpc) is 3.35. The van der Waals surface area contributed by atoms with Crippen molar-refractivity contribution in [3.63, 3.8) is 0 Å². The van der Waals surface area contributed by atoms with Crippen LogP contribution < -0.4 is 10.2 Å². The highest BCUT2D eigenvalue weighted by Crippen LogP contribution is 2.24. The summed E-state index contributed by atoms with van der Waals surface area (Å²) in [7, 11) is 0. The molecule has 0 atom stereocenters. The summed E-state index contributed by atoms with van der Waals surface area (Å²) in [5, 5.41) is 5.55. The molecule has 134 valence electrons. The predicted octanol–water partition coefficient (Wildman–Crippen LogP) is 3.97. The van der Waals surface area contributed by atoms with Crippen LogP contribution in [0.5, 0.6) is 0 Å². The highest BCUT2D eigenvalue weighted by atomic mass is 32.1. The highest BCUT2D eigenvalue weighted by Gasteiger charge is 2.13. The molecule has 0 aromatic carbocycles. The first-order chi connectivity index (χ1) is 12.8. The number of hydrogen-bond donors (Lipinski definition) is 1. The van der Waals surface area contributed by atoms with Gasteiger partial charge in [0.15, 0.2) is 10.8 Å². The van der Waals surface area contributed by atoms with Gasteiger partial charge in [-0.05, 0) is 43.5 Å². The number of furan rings is 1. The second kappa shape index (κ2) is 7.70. The van der Waals surface area contributed by atoms with Gasteiger partial charge in [0.05, 0.1) is 30.3 Å². The van der Waals surface area contributed by atoms with E-state index < -0.39 is 0 Å². The number of thiazole rings is 1. The number of aromatic nitrogens is 2. The molecule has 0 bridgehead atoms. The zero-order valence-electron chi connectivity index (χ0n) is 14.4. The Kier molecular flexibility index (Phi) is 4.97. The summed E-state index contributed by atoms with van der Waals surface area (Å²) in [5.41, 5.74) is 1.44. The first-order valence-electron chi connectivity index (χ1n) is 8.77. The topological polar surface area (TPSA) is 71.3 Å². The molecule has 1 aliphatic rings. The van der Waals surface area contributed by atoms with Crippen molar-refractivity contribution >= 4 is 28.7 Å². The van der Waals surface area contributed by atoms with E-state index in [1.54, 1.807) is 12.5 Å². The summed E-state index contributed by atoms with van der Waals surface area (Å²) >= 11 is 1.47. The Morgan fingerprint density at radius 3 is 2.85 bits per heavy atom. The van der Waals surface area contributed by atoms with Crippen LogP contribution in [0, 0.1) is 0 Å². The Labute approximate surface area is 155 Å². The van der Waals surface area contributed by atoms with Crippen molar-refractivity contribution in [1.82, 2.24) is 9.97 Å². The van der Waals surface area contributed by atoms with Gasteiger partial charge in [0, 0.05) is 18.5 Å². The quantitative estimate of drug-likeness (QED) is 0.738. The molecule has 26 heavy (non-hydrogen) atoms. The fourth-order valence-electron chi connectivity index (χ4n) is 3.04. The Hall–Kier alpha value is -2.67. The van der Waals surface area contributed by atoms with Gasteiger partial charge in [-0.25, -0.2) is 9.97 Å². The van der Waals surface area contributed by atoms with Gasteiger partial charge in [0.1, 0.15) is 5.82 Å². The second-order valence-corrected chi connectivity index (χ2v) is 7.16. The van der Waals surface area contributed by atoms with Gasteiger partial charge < -0.3 is 14.6 Å². The van der Waals surface area contributed by atoms with Crippen LogP contribution in [0.4, 0.5) is 11.5 Å². The van der Waals surface area contributed by atoms with Crippen molar-refractivity contribution in [2.45, 2.75) is 25.7 Å². The van der Waals surface area contributed by atoms with Gasteiger partial charge in [0.2, 0.25) is 5.91 Å². The molecule has 3 aromatic rings. The van der Waals surface area contributed by atoms with Crippen molar-refractivity contribution in [3.05, 3.63) is 47.8 Å². The van der Waals surface area contributed by atoms with E-state index in [1.807, 2.05) is 29.6 Å². The van der Waals surface area contributed by atoms with E-state index in [2.05, 4.69) is 20.2 Å². The summed E-state index contributed by atoms with van der Waals surface area (Å²) in [4.78, 5) is 23.5. The molecule has 6 nitrogen and oxygen atoms in total. The molecule has 1 aliphatic heterocycles. The number of rotatable bonds is 5. The molecule has 0 spiro atoms. The molecule has 1 amide bonds. The van der Waals surface area contributed by atoms with Gasteiger partial charge in [-0.2, -0.15) is 0 Å². The first-order valence-corrected chi connectivity index (χ1v) is 9.65. The summed E-state index contributed by atoms with van der Waals surface area (Å²) in [6.45, 7) is 2.11. The zero-order valence-corrected chi connectivity index (χ0v) is 15.2. The van der Waals surface area contributed by atoms with Crippen LogP contribution in [-0.2, 0) is 11.2 Å². The molecule has 1 saturated heterocycles. The average molecular weight is 368 g/mol. The third-order valence-electron chi connectivity index (χ3n) is 4.34. The fraction of sp³-hybridized carbons (Fsp3) is 0.316. The van der Waals surface area contributed by atoms with Gasteiger partial charge in [-0.3, -0.25) is 4.79 Å². The number of piperidine rings is 1. The van der Waals surface area contributed by atoms with E-state index in [1.165, 1.54) is 30.6 Å². The smallest absolute Gasteiger partial charge is 0.230 e. The van der Waals surface area contributed by atoms with E-state index in [-0.39, 0.29) is 12.3 Å². The molecule has 4 heterocycles. The Balaban J connectivity index is 1.34. The summed E-state index contributed by atoms with van der Waals surface area (Å²) in [5.74, 6) is 1.60. The highest BCUT2D eigenvalue weighted by molar-refractivity contribution is 7.13. The normalized spacial score (nSPS) is 14.4. The zero-order chi connectivity index (χ0) is 17.8. The van der Waals surface area contributed by atoms with Gasteiger partial charge >= 0.3 is 0 Å². The van der Waals surface area contributed by atoms with E-state index in [0.717, 1.165) is 35.4 Å². The molecule has 0 aliphatic carbocycles. The number of pyridine rings is 1. The maximum atomic E-state index is 12.3. The molecule has 1 fully saturated rings. The monoisotopic (exact) mass is 368 g/mol. The van der Waals surface area contributed by atoms with E-state index in [9.17, 15) is 4.79 Å². The summed E-state index contributed by atoms with van der Waals surface area (Å²) < 4.78 is 5.33. The second-order valence-electron chi connectivity index (χ2n) is 6.30. The van der Waals surface area contributed by atoms with Crippen molar-refractivity contribution in [3.8, 4) is 10.8 Å². The van der Waals surface area contributed by atoms with Gasteiger partial charge in [-0.1, -0.05) is 0 Å². The van der Waals surface area contributed by atoms with Crippen molar-refractivity contribution < 1.29 is 9.21 Å². The first kappa shape index (κ1) is 16.8. The molecule has 3 aromatic heterocycles. The van der Waals surface area contributed by atoms with Crippen molar-refractivity contribution in [2.75, 3.05) is 23.3 Å². The minimum atomic E-state index is -0.103. The lowest BCUT2D eigenvalue weighted by Crippen LogP contribution is -2.30. The van der Waals surface area contributed by atoms with Crippen LogP contribution >= 0.6 is 11.3 Å². The van der Waals surface area contributed by atoms with Crippen LogP contribution in [0.25, 0.3) is 10.8 Å². The number of carbonyl (C=O) groups excluding carboxylic acids is 1. The van der Waals surface area contributed by atoms with Crippen molar-refractivity contribution in [2.24, 2.45) is 0 Å². The van der Waals surface area contributed by atoms with Crippen LogP contribution in [-0.4, -0.2) is 29.0 Å². The maximum absolute atomic E-state index is 12.3. The minimum absolute atomic E-state index is 0.103. The SMILES string of the molecule is O=C(Cc1csc(-c2ccco2)n1)Nc1ccc(N2CCCCC2)nc1. The number of nitrogens with one attached hydrogen (secondary N) is 1. The van der Waals surface area contributed by atoms with Crippen LogP contribution in [0.2, 0.25) is 0 Å². The largest absolute Gasteiger partial charge is 0.462 e. The lowest BCUT2D eigenvalue weighted by atomic mass is 10.1. The third kappa shape index (κ3) is 3.94. The Bertz CT molecular complexity index is 852. The van der Waals surface area contributed by atoms with Gasteiger partial charge in [0.25, 0.3) is 0 Å². The fourth-order valence-corrected chi connectivity index (χ4v) is 3.83. The number of hydrogen-bond acceptors (Lipinski definition) is 6. The molecule has 1 N–H and O–H groups in total. The Morgan fingerprint density at radius 2 is 2.12 bits per heavy atom. The predicted molar refractivity (Wildman–Crippen MR) is 102 cm³/mol. The van der Waals surface area contributed by atoms with Gasteiger partial charge in [-0.15, -0.1) is 11.3 Å². The number of nitrogens with zero attached hydrogens (tertiary/aromatic N) is 3. The third-order valence-corrected chi connectivity index (χ3v) is 5.24. The molecule has 0 unspecified atom stereocenters. The number of amides is 1. The van der Waals surface area contributed by atoms with Crippen LogP contribution in [0.3, 0.4) is 0 Å². The molecule has 0 radical (unpaired) electrons. The molecule has 7 heteroatoms. The molecule has 4 rings (SSSR count). The number of anilines is 2. The Morgan fingerprint density at radius 1 is 1.23 bits per heavy atom.